The normalized spacial score (nSPS) is 29.9. The second-order valence-corrected chi connectivity index (χ2v) is 6.51. The lowest BCUT2D eigenvalue weighted by Gasteiger charge is -2.23. The number of carbonyl (C=O) groups is 2. The number of aliphatic carboxylic acids is 1. The SMILES string of the molecule is CC1Cc2ccccc2N1C(=O)C1C(C(=O)O)C1(C)C. The molecular formula is C16H19NO3. The highest BCUT2D eigenvalue weighted by Crippen LogP contribution is 2.59. The van der Waals surface area contributed by atoms with Crippen LogP contribution in [0.25, 0.3) is 0 Å². The summed E-state index contributed by atoms with van der Waals surface area (Å²) < 4.78 is 0. The zero-order valence-corrected chi connectivity index (χ0v) is 12.0. The van der Waals surface area contributed by atoms with Crippen molar-refractivity contribution in [2.24, 2.45) is 17.3 Å². The summed E-state index contributed by atoms with van der Waals surface area (Å²) >= 11 is 0. The lowest BCUT2D eigenvalue weighted by atomic mass is 10.1. The highest BCUT2D eigenvalue weighted by Gasteiger charge is 2.67. The predicted octanol–water partition coefficient (Wildman–Crippen LogP) is 2.32. The molecular weight excluding hydrogens is 254 g/mol. The third-order valence-electron chi connectivity index (χ3n) is 4.80. The fraction of sp³-hybridized carbons (Fsp3) is 0.500. The van der Waals surface area contributed by atoms with Gasteiger partial charge in [-0.15, -0.1) is 0 Å². The van der Waals surface area contributed by atoms with E-state index in [0.717, 1.165) is 12.1 Å². The Labute approximate surface area is 118 Å². The van der Waals surface area contributed by atoms with E-state index >= 15 is 0 Å². The predicted molar refractivity (Wildman–Crippen MR) is 75.5 cm³/mol. The zero-order chi connectivity index (χ0) is 14.7. The van der Waals surface area contributed by atoms with Gasteiger partial charge in [0.25, 0.3) is 0 Å². The molecule has 1 N–H and O–H groups in total. The van der Waals surface area contributed by atoms with Crippen LogP contribution in [0.4, 0.5) is 5.69 Å². The lowest BCUT2D eigenvalue weighted by Crippen LogP contribution is -2.38. The summed E-state index contributed by atoms with van der Waals surface area (Å²) in [5.74, 6) is -1.88. The van der Waals surface area contributed by atoms with Gasteiger partial charge in [0.05, 0.1) is 11.8 Å². The van der Waals surface area contributed by atoms with Crippen molar-refractivity contribution < 1.29 is 14.7 Å². The average Bonchev–Trinajstić information content (AvgIpc) is 2.79. The maximum Gasteiger partial charge on any atom is 0.307 e. The average molecular weight is 273 g/mol. The topological polar surface area (TPSA) is 57.6 Å². The molecule has 4 nitrogen and oxygen atoms in total. The van der Waals surface area contributed by atoms with E-state index in [0.29, 0.717) is 0 Å². The quantitative estimate of drug-likeness (QED) is 0.899. The summed E-state index contributed by atoms with van der Waals surface area (Å²) in [7, 11) is 0. The molecule has 3 atom stereocenters. The number of fused-ring (bicyclic) bond motifs is 1. The number of carboxylic acids is 1. The monoisotopic (exact) mass is 273 g/mol. The Kier molecular flexibility index (Phi) is 2.68. The number of amides is 1. The number of benzene rings is 1. The molecule has 1 amide bonds. The van der Waals surface area contributed by atoms with Gasteiger partial charge in [0.15, 0.2) is 0 Å². The van der Waals surface area contributed by atoms with Gasteiger partial charge < -0.3 is 10.0 Å². The molecule has 2 aliphatic rings. The second kappa shape index (κ2) is 4.08. The third-order valence-corrected chi connectivity index (χ3v) is 4.80. The van der Waals surface area contributed by atoms with Gasteiger partial charge >= 0.3 is 5.97 Å². The summed E-state index contributed by atoms with van der Waals surface area (Å²) in [4.78, 5) is 25.8. The Balaban J connectivity index is 1.91. The molecule has 0 bridgehead atoms. The van der Waals surface area contributed by atoms with Crippen molar-refractivity contribution in [2.45, 2.75) is 33.2 Å². The van der Waals surface area contributed by atoms with E-state index in [-0.39, 0.29) is 11.9 Å². The van der Waals surface area contributed by atoms with E-state index in [4.69, 9.17) is 0 Å². The standard InChI is InChI=1S/C16H19NO3/c1-9-8-10-6-4-5-7-11(10)17(9)14(18)12-13(15(19)20)16(12,2)3/h4-7,9,12-13H,8H2,1-3H3,(H,19,20). The molecule has 1 heterocycles. The molecule has 3 unspecified atom stereocenters. The largest absolute Gasteiger partial charge is 0.481 e. The smallest absolute Gasteiger partial charge is 0.307 e. The Bertz CT molecular complexity index is 593. The molecule has 106 valence electrons. The maximum absolute atomic E-state index is 12.8. The number of anilines is 1. The van der Waals surface area contributed by atoms with Crippen LogP contribution in [0.1, 0.15) is 26.3 Å². The number of rotatable bonds is 2. The van der Waals surface area contributed by atoms with Crippen molar-refractivity contribution >= 4 is 17.6 Å². The van der Waals surface area contributed by atoms with E-state index in [1.807, 2.05) is 45.0 Å². The van der Waals surface area contributed by atoms with Crippen molar-refractivity contribution in [1.82, 2.24) is 0 Å². The van der Waals surface area contributed by atoms with Crippen LogP contribution < -0.4 is 4.90 Å². The molecule has 0 radical (unpaired) electrons. The van der Waals surface area contributed by atoms with E-state index in [2.05, 4.69) is 0 Å². The summed E-state index contributed by atoms with van der Waals surface area (Å²) in [6, 6.07) is 7.98. The van der Waals surface area contributed by atoms with E-state index in [1.165, 1.54) is 5.56 Å². The van der Waals surface area contributed by atoms with Gasteiger partial charge in [0.2, 0.25) is 5.91 Å². The lowest BCUT2D eigenvalue weighted by molar-refractivity contribution is -0.140. The fourth-order valence-electron chi connectivity index (χ4n) is 3.61. The second-order valence-electron chi connectivity index (χ2n) is 6.51. The van der Waals surface area contributed by atoms with Crippen LogP contribution in [-0.4, -0.2) is 23.0 Å². The Morgan fingerprint density at radius 2 is 1.90 bits per heavy atom. The minimum absolute atomic E-state index is 0.0418. The van der Waals surface area contributed by atoms with Crippen molar-refractivity contribution in [3.63, 3.8) is 0 Å². The highest BCUT2D eigenvalue weighted by atomic mass is 16.4. The molecule has 1 saturated carbocycles. The van der Waals surface area contributed by atoms with Gasteiger partial charge in [0, 0.05) is 11.7 Å². The summed E-state index contributed by atoms with van der Waals surface area (Å²) in [5, 5.41) is 9.24. The molecule has 0 spiro atoms. The molecule has 1 fully saturated rings. The number of para-hydroxylation sites is 1. The van der Waals surface area contributed by atoms with Crippen LogP contribution in [0.5, 0.6) is 0 Å². The van der Waals surface area contributed by atoms with Gasteiger partial charge in [-0.2, -0.15) is 0 Å². The molecule has 0 saturated heterocycles. The van der Waals surface area contributed by atoms with Crippen LogP contribution in [0.15, 0.2) is 24.3 Å². The minimum Gasteiger partial charge on any atom is -0.481 e. The molecule has 1 aliphatic carbocycles. The van der Waals surface area contributed by atoms with Gasteiger partial charge in [-0.05, 0) is 30.4 Å². The molecule has 1 aromatic rings. The number of hydrogen-bond acceptors (Lipinski definition) is 2. The van der Waals surface area contributed by atoms with Crippen LogP contribution in [-0.2, 0) is 16.0 Å². The first kappa shape index (κ1) is 13.2. The molecule has 3 rings (SSSR count). The van der Waals surface area contributed by atoms with Gasteiger partial charge in [-0.1, -0.05) is 32.0 Å². The molecule has 1 aliphatic heterocycles. The first-order chi connectivity index (χ1) is 9.35. The van der Waals surface area contributed by atoms with Gasteiger partial charge in [-0.3, -0.25) is 9.59 Å². The molecule has 20 heavy (non-hydrogen) atoms. The molecule has 1 aromatic carbocycles. The van der Waals surface area contributed by atoms with Crippen LogP contribution in [0, 0.1) is 17.3 Å². The minimum atomic E-state index is -0.867. The highest BCUT2D eigenvalue weighted by molar-refractivity contribution is 6.03. The summed E-state index contributed by atoms with van der Waals surface area (Å²) in [5.41, 5.74) is 1.66. The van der Waals surface area contributed by atoms with Crippen molar-refractivity contribution in [3.05, 3.63) is 29.8 Å². The Morgan fingerprint density at radius 1 is 1.25 bits per heavy atom. The van der Waals surface area contributed by atoms with Crippen molar-refractivity contribution in [3.8, 4) is 0 Å². The third kappa shape index (κ3) is 1.67. The first-order valence-corrected chi connectivity index (χ1v) is 6.99. The van der Waals surface area contributed by atoms with Gasteiger partial charge in [0.1, 0.15) is 0 Å². The number of carboxylic acid groups (broad SMARTS) is 1. The van der Waals surface area contributed by atoms with Crippen molar-refractivity contribution in [2.75, 3.05) is 4.90 Å². The van der Waals surface area contributed by atoms with Gasteiger partial charge in [-0.25, -0.2) is 0 Å². The van der Waals surface area contributed by atoms with Crippen molar-refractivity contribution in [1.29, 1.82) is 0 Å². The Morgan fingerprint density at radius 3 is 2.50 bits per heavy atom. The Hall–Kier alpha value is -1.84. The first-order valence-electron chi connectivity index (χ1n) is 6.99. The summed E-state index contributed by atoms with van der Waals surface area (Å²) in [6.07, 6.45) is 0.840. The molecule has 4 heteroatoms. The van der Waals surface area contributed by atoms with E-state index in [9.17, 15) is 14.7 Å². The number of hydrogen-bond donors (Lipinski definition) is 1. The van der Waals surface area contributed by atoms with Crippen LogP contribution in [0.2, 0.25) is 0 Å². The van der Waals surface area contributed by atoms with E-state index < -0.39 is 23.2 Å². The number of nitrogens with zero attached hydrogens (tertiary/aromatic N) is 1. The zero-order valence-electron chi connectivity index (χ0n) is 12.0. The van der Waals surface area contributed by atoms with Crippen LogP contribution in [0.3, 0.4) is 0 Å². The summed E-state index contributed by atoms with van der Waals surface area (Å²) in [6.45, 7) is 5.74. The number of carbonyl (C=O) groups excluding carboxylic acids is 1. The molecule has 0 aromatic heterocycles. The van der Waals surface area contributed by atoms with E-state index in [1.54, 1.807) is 4.90 Å². The maximum atomic E-state index is 12.8. The van der Waals surface area contributed by atoms with Crippen LogP contribution >= 0.6 is 0 Å². The fourth-order valence-corrected chi connectivity index (χ4v) is 3.61.